The van der Waals surface area contributed by atoms with Crippen LogP contribution in [-0.4, -0.2) is 24.9 Å². The fourth-order valence-electron chi connectivity index (χ4n) is 2.24. The zero-order valence-corrected chi connectivity index (χ0v) is 10.8. The first-order valence-electron chi connectivity index (χ1n) is 6.22. The lowest BCUT2D eigenvalue weighted by molar-refractivity contribution is -0.120. The Bertz CT molecular complexity index is 483. The van der Waals surface area contributed by atoms with Gasteiger partial charge in [-0.05, 0) is 30.5 Å². The minimum atomic E-state index is -0.0658. The third-order valence-electron chi connectivity index (χ3n) is 3.15. The van der Waals surface area contributed by atoms with E-state index in [0.717, 1.165) is 17.7 Å². The van der Waals surface area contributed by atoms with Crippen LogP contribution >= 0.6 is 0 Å². The molecule has 1 N–H and O–H groups in total. The van der Waals surface area contributed by atoms with Crippen LogP contribution in [0.2, 0.25) is 0 Å². The largest absolute Gasteiger partial charge is 0.355 e. The highest BCUT2D eigenvalue weighted by Crippen LogP contribution is 2.28. The summed E-state index contributed by atoms with van der Waals surface area (Å²) >= 11 is 0. The smallest absolute Gasteiger partial charge is 0.227 e. The maximum Gasteiger partial charge on any atom is 0.227 e. The van der Waals surface area contributed by atoms with Gasteiger partial charge in [-0.25, -0.2) is 0 Å². The predicted molar refractivity (Wildman–Crippen MR) is 70.5 cm³/mol. The number of hydrogen-bond donors (Lipinski definition) is 1. The molecule has 0 radical (unpaired) electrons. The summed E-state index contributed by atoms with van der Waals surface area (Å²) in [4.78, 5) is 24.6. The van der Waals surface area contributed by atoms with Crippen molar-refractivity contribution in [3.8, 4) is 0 Å². The van der Waals surface area contributed by atoms with E-state index < -0.39 is 0 Å². The van der Waals surface area contributed by atoms with Crippen molar-refractivity contribution in [2.45, 2.75) is 26.7 Å². The van der Waals surface area contributed by atoms with Crippen molar-refractivity contribution in [3.63, 3.8) is 0 Å². The molecule has 1 aliphatic rings. The molecule has 4 heteroatoms. The Kier molecular flexibility index (Phi) is 3.65. The fourth-order valence-corrected chi connectivity index (χ4v) is 2.24. The van der Waals surface area contributed by atoms with E-state index in [-0.39, 0.29) is 11.8 Å². The third-order valence-corrected chi connectivity index (χ3v) is 3.15. The number of amides is 2. The van der Waals surface area contributed by atoms with Crippen LogP contribution in [0, 0.1) is 6.92 Å². The first-order valence-corrected chi connectivity index (χ1v) is 6.22. The number of hydrogen-bond acceptors (Lipinski definition) is 2. The lowest BCUT2D eigenvalue weighted by Crippen LogP contribution is -2.40. The number of rotatable bonds is 3. The van der Waals surface area contributed by atoms with Gasteiger partial charge in [0.25, 0.3) is 0 Å². The number of anilines is 1. The van der Waals surface area contributed by atoms with Crippen LogP contribution in [0.1, 0.15) is 24.5 Å². The first-order chi connectivity index (χ1) is 8.58. The van der Waals surface area contributed by atoms with E-state index in [1.165, 1.54) is 12.5 Å². The molecule has 18 heavy (non-hydrogen) atoms. The molecule has 0 fully saturated rings. The van der Waals surface area contributed by atoms with Crippen LogP contribution in [0.4, 0.5) is 5.69 Å². The summed E-state index contributed by atoms with van der Waals surface area (Å²) in [5.41, 5.74) is 3.35. The number of aryl methyl sites for hydroxylation is 2. The average Bonchev–Trinajstić information content (AvgIpc) is 2.31. The Labute approximate surface area is 107 Å². The highest BCUT2D eigenvalue weighted by Gasteiger charge is 2.23. The van der Waals surface area contributed by atoms with Gasteiger partial charge in [0.2, 0.25) is 11.8 Å². The van der Waals surface area contributed by atoms with Gasteiger partial charge in [-0.15, -0.1) is 0 Å². The molecule has 0 saturated heterocycles. The van der Waals surface area contributed by atoms with Gasteiger partial charge in [0.15, 0.2) is 0 Å². The van der Waals surface area contributed by atoms with E-state index in [1.54, 1.807) is 4.90 Å². The van der Waals surface area contributed by atoms with Crippen molar-refractivity contribution in [1.82, 2.24) is 5.32 Å². The molecule has 0 saturated carbocycles. The Balaban J connectivity index is 2.16. The molecule has 1 heterocycles. The summed E-state index contributed by atoms with van der Waals surface area (Å²) in [5, 5.41) is 2.73. The summed E-state index contributed by atoms with van der Waals surface area (Å²) < 4.78 is 0. The quantitative estimate of drug-likeness (QED) is 0.876. The molecule has 2 amide bonds. The van der Waals surface area contributed by atoms with E-state index in [4.69, 9.17) is 0 Å². The molecule has 0 unspecified atom stereocenters. The first kappa shape index (κ1) is 12.6. The molecule has 0 aromatic heterocycles. The summed E-state index contributed by atoms with van der Waals surface area (Å²) in [6.45, 7) is 4.53. The lowest BCUT2D eigenvalue weighted by Gasteiger charge is -2.29. The van der Waals surface area contributed by atoms with Crippen molar-refractivity contribution < 1.29 is 9.59 Å². The third kappa shape index (κ3) is 2.70. The Morgan fingerprint density at radius 1 is 1.39 bits per heavy atom. The Morgan fingerprint density at radius 2 is 2.17 bits per heavy atom. The van der Waals surface area contributed by atoms with E-state index >= 15 is 0 Å². The average molecular weight is 246 g/mol. The van der Waals surface area contributed by atoms with Crippen LogP contribution in [0.15, 0.2) is 18.2 Å². The van der Waals surface area contributed by atoms with Crippen LogP contribution in [0.5, 0.6) is 0 Å². The van der Waals surface area contributed by atoms with Crippen molar-refractivity contribution in [2.75, 3.05) is 18.0 Å². The van der Waals surface area contributed by atoms with Crippen molar-refractivity contribution >= 4 is 17.5 Å². The van der Waals surface area contributed by atoms with Gasteiger partial charge in [-0.3, -0.25) is 9.59 Å². The topological polar surface area (TPSA) is 49.4 Å². The molecule has 1 aliphatic heterocycles. The SMILES string of the molecule is CC(=O)NCCN1C(=O)CCc2ccc(C)cc21. The molecular formula is C14H18N2O2. The van der Waals surface area contributed by atoms with Crippen LogP contribution in [0.25, 0.3) is 0 Å². The molecule has 4 nitrogen and oxygen atoms in total. The van der Waals surface area contributed by atoms with Crippen LogP contribution in [-0.2, 0) is 16.0 Å². The molecular weight excluding hydrogens is 228 g/mol. The van der Waals surface area contributed by atoms with Crippen molar-refractivity contribution in [1.29, 1.82) is 0 Å². The maximum atomic E-state index is 12.0. The summed E-state index contributed by atoms with van der Waals surface area (Å²) in [7, 11) is 0. The summed E-state index contributed by atoms with van der Waals surface area (Å²) in [6.07, 6.45) is 1.36. The van der Waals surface area contributed by atoms with E-state index in [2.05, 4.69) is 17.4 Å². The molecule has 1 aromatic rings. The van der Waals surface area contributed by atoms with Crippen LogP contribution in [0.3, 0.4) is 0 Å². The van der Waals surface area contributed by atoms with Crippen molar-refractivity contribution in [2.24, 2.45) is 0 Å². The number of carbonyl (C=O) groups excluding carboxylic acids is 2. The van der Waals surface area contributed by atoms with E-state index in [1.807, 2.05) is 13.0 Å². The minimum Gasteiger partial charge on any atom is -0.355 e. The van der Waals surface area contributed by atoms with Gasteiger partial charge in [-0.1, -0.05) is 12.1 Å². The van der Waals surface area contributed by atoms with Crippen molar-refractivity contribution in [3.05, 3.63) is 29.3 Å². The van der Waals surface area contributed by atoms with Gasteiger partial charge in [0, 0.05) is 32.1 Å². The second kappa shape index (κ2) is 5.21. The maximum absolute atomic E-state index is 12.0. The second-order valence-electron chi connectivity index (χ2n) is 4.66. The highest BCUT2D eigenvalue weighted by molar-refractivity contribution is 5.96. The normalized spacial score (nSPS) is 14.3. The molecule has 96 valence electrons. The summed E-state index contributed by atoms with van der Waals surface area (Å²) in [5.74, 6) is 0.0716. The predicted octanol–water partition coefficient (Wildman–Crippen LogP) is 1.41. The minimum absolute atomic E-state index is 0.0658. The zero-order chi connectivity index (χ0) is 13.1. The lowest BCUT2D eigenvalue weighted by atomic mass is 9.99. The van der Waals surface area contributed by atoms with Crippen LogP contribution < -0.4 is 10.2 Å². The molecule has 0 bridgehead atoms. The number of benzene rings is 1. The van der Waals surface area contributed by atoms with E-state index in [9.17, 15) is 9.59 Å². The molecule has 0 atom stereocenters. The number of fused-ring (bicyclic) bond motifs is 1. The number of carbonyl (C=O) groups is 2. The summed E-state index contributed by atoms with van der Waals surface area (Å²) in [6, 6.07) is 6.20. The molecule has 0 spiro atoms. The van der Waals surface area contributed by atoms with Gasteiger partial charge in [0.05, 0.1) is 0 Å². The fraction of sp³-hybridized carbons (Fsp3) is 0.429. The molecule has 1 aromatic carbocycles. The Hall–Kier alpha value is -1.84. The number of nitrogens with zero attached hydrogens (tertiary/aromatic N) is 1. The van der Waals surface area contributed by atoms with Gasteiger partial charge in [0.1, 0.15) is 0 Å². The number of nitrogens with one attached hydrogen (secondary N) is 1. The van der Waals surface area contributed by atoms with Gasteiger partial charge < -0.3 is 10.2 Å². The monoisotopic (exact) mass is 246 g/mol. The van der Waals surface area contributed by atoms with Gasteiger partial charge in [-0.2, -0.15) is 0 Å². The van der Waals surface area contributed by atoms with E-state index in [0.29, 0.717) is 19.5 Å². The molecule has 2 rings (SSSR count). The zero-order valence-electron chi connectivity index (χ0n) is 10.8. The highest BCUT2D eigenvalue weighted by atomic mass is 16.2. The van der Waals surface area contributed by atoms with Gasteiger partial charge >= 0.3 is 0 Å². The molecule has 0 aliphatic carbocycles. The Morgan fingerprint density at radius 3 is 2.89 bits per heavy atom. The standard InChI is InChI=1S/C14H18N2O2/c1-10-3-4-12-5-6-14(18)16(13(12)9-10)8-7-15-11(2)17/h3-4,9H,5-8H2,1-2H3,(H,15,17). The second-order valence-corrected chi connectivity index (χ2v) is 4.66.